The number of benzene rings is 2. The molecule has 114 valence electrons. The van der Waals surface area contributed by atoms with Crippen molar-refractivity contribution in [2.45, 2.75) is 25.5 Å². The molecule has 0 aliphatic heterocycles. The minimum Gasteiger partial charge on any atom is -0.488 e. The Hall–Kier alpha value is -1.56. The van der Waals surface area contributed by atoms with E-state index in [-0.39, 0.29) is 5.91 Å². The van der Waals surface area contributed by atoms with Crippen molar-refractivity contribution in [1.29, 1.82) is 0 Å². The maximum Gasteiger partial charge on any atom is 0.253 e. The summed E-state index contributed by atoms with van der Waals surface area (Å²) in [5, 5.41) is 0. The summed E-state index contributed by atoms with van der Waals surface area (Å²) in [5.41, 5.74) is 1.86. The van der Waals surface area contributed by atoms with Crippen LogP contribution in [0.25, 0.3) is 0 Å². The van der Waals surface area contributed by atoms with Gasteiger partial charge in [0.25, 0.3) is 5.91 Å². The van der Waals surface area contributed by atoms with Crippen molar-refractivity contribution in [3.8, 4) is 5.75 Å². The highest BCUT2D eigenvalue weighted by Gasteiger charge is 2.30. The lowest BCUT2D eigenvalue weighted by Gasteiger charge is -2.17. The van der Waals surface area contributed by atoms with Gasteiger partial charge in [0.15, 0.2) is 0 Å². The second-order valence-electron chi connectivity index (χ2n) is 5.57. The highest BCUT2D eigenvalue weighted by atomic mass is 127. The number of carbonyl (C=O) groups excluding carboxylic acids is 1. The van der Waals surface area contributed by atoms with E-state index in [1.54, 1.807) is 0 Å². The molecule has 0 N–H and O–H groups in total. The number of rotatable bonds is 5. The number of carbonyl (C=O) groups is 1. The Morgan fingerprint density at radius 1 is 1.23 bits per heavy atom. The molecule has 22 heavy (non-hydrogen) atoms. The van der Waals surface area contributed by atoms with Crippen molar-refractivity contribution in [1.82, 2.24) is 4.90 Å². The molecule has 0 radical (unpaired) electrons. The van der Waals surface area contributed by atoms with Gasteiger partial charge in [-0.2, -0.15) is 0 Å². The minimum atomic E-state index is 0.0926. The van der Waals surface area contributed by atoms with E-state index in [1.165, 1.54) is 0 Å². The van der Waals surface area contributed by atoms with Gasteiger partial charge in [-0.15, -0.1) is 0 Å². The van der Waals surface area contributed by atoms with Gasteiger partial charge in [0.2, 0.25) is 0 Å². The van der Waals surface area contributed by atoms with Crippen LogP contribution in [-0.2, 0) is 6.61 Å². The molecule has 0 spiro atoms. The van der Waals surface area contributed by atoms with Gasteiger partial charge in [0, 0.05) is 18.7 Å². The van der Waals surface area contributed by atoms with Crippen LogP contribution in [0, 0.1) is 3.57 Å². The maximum atomic E-state index is 12.4. The van der Waals surface area contributed by atoms with Crippen LogP contribution in [0.15, 0.2) is 48.5 Å². The summed E-state index contributed by atoms with van der Waals surface area (Å²) in [6, 6.07) is 16.1. The summed E-state index contributed by atoms with van der Waals surface area (Å²) in [7, 11) is 1.88. The smallest absolute Gasteiger partial charge is 0.253 e. The number of nitrogens with zero attached hydrogens (tertiary/aromatic N) is 1. The molecule has 0 saturated heterocycles. The standard InChI is InChI=1S/C18H18INO2/c1-20(15-8-9-15)18(21)14-7-10-17(16(19)11-14)22-12-13-5-3-2-4-6-13/h2-7,10-11,15H,8-9,12H2,1H3. The number of hydrogen-bond acceptors (Lipinski definition) is 2. The lowest BCUT2D eigenvalue weighted by Crippen LogP contribution is -2.28. The second-order valence-corrected chi connectivity index (χ2v) is 6.73. The first kappa shape index (κ1) is 15.3. The van der Waals surface area contributed by atoms with E-state index in [0.717, 1.165) is 33.3 Å². The van der Waals surface area contributed by atoms with E-state index in [4.69, 9.17) is 4.74 Å². The van der Waals surface area contributed by atoms with Crippen molar-refractivity contribution in [3.05, 3.63) is 63.2 Å². The summed E-state index contributed by atoms with van der Waals surface area (Å²) in [5.74, 6) is 0.908. The van der Waals surface area contributed by atoms with Crippen LogP contribution in [-0.4, -0.2) is 23.9 Å². The zero-order valence-corrected chi connectivity index (χ0v) is 14.6. The molecule has 4 heteroatoms. The first-order valence-corrected chi connectivity index (χ1v) is 8.46. The average molecular weight is 407 g/mol. The van der Waals surface area contributed by atoms with Crippen LogP contribution in [0.4, 0.5) is 0 Å². The predicted molar refractivity (Wildman–Crippen MR) is 95.0 cm³/mol. The molecule has 1 aliphatic rings. The third-order valence-electron chi connectivity index (χ3n) is 3.83. The van der Waals surface area contributed by atoms with E-state index < -0.39 is 0 Å². The first-order chi connectivity index (χ1) is 10.6. The molecule has 1 amide bonds. The molecule has 0 heterocycles. The van der Waals surface area contributed by atoms with Gasteiger partial charge in [-0.3, -0.25) is 4.79 Å². The average Bonchev–Trinajstić information content (AvgIpc) is 3.38. The molecule has 2 aromatic rings. The van der Waals surface area contributed by atoms with Crippen LogP contribution < -0.4 is 4.74 Å². The first-order valence-electron chi connectivity index (χ1n) is 7.38. The Labute approximate surface area is 144 Å². The molecule has 3 nitrogen and oxygen atoms in total. The van der Waals surface area contributed by atoms with Gasteiger partial charge in [-0.05, 0) is 59.2 Å². The summed E-state index contributed by atoms with van der Waals surface area (Å²) < 4.78 is 6.81. The van der Waals surface area contributed by atoms with E-state index in [0.29, 0.717) is 12.6 Å². The predicted octanol–water partition coefficient (Wildman–Crippen LogP) is 4.10. The summed E-state index contributed by atoms with van der Waals surface area (Å²) in [6.07, 6.45) is 2.25. The highest BCUT2D eigenvalue weighted by molar-refractivity contribution is 14.1. The van der Waals surface area contributed by atoms with E-state index in [1.807, 2.05) is 60.5 Å². The molecular weight excluding hydrogens is 389 g/mol. The largest absolute Gasteiger partial charge is 0.488 e. The van der Waals surface area contributed by atoms with E-state index >= 15 is 0 Å². The van der Waals surface area contributed by atoms with Crippen LogP contribution in [0.2, 0.25) is 0 Å². The topological polar surface area (TPSA) is 29.5 Å². The molecule has 0 bridgehead atoms. The zero-order chi connectivity index (χ0) is 15.5. The lowest BCUT2D eigenvalue weighted by molar-refractivity contribution is 0.0785. The van der Waals surface area contributed by atoms with Gasteiger partial charge in [0.05, 0.1) is 3.57 Å². The van der Waals surface area contributed by atoms with Crippen molar-refractivity contribution < 1.29 is 9.53 Å². The van der Waals surface area contributed by atoms with Crippen molar-refractivity contribution in [2.75, 3.05) is 7.05 Å². The van der Waals surface area contributed by atoms with Crippen LogP contribution >= 0.6 is 22.6 Å². The SMILES string of the molecule is CN(C(=O)c1ccc(OCc2ccccc2)c(I)c1)C1CC1. The monoisotopic (exact) mass is 407 g/mol. The van der Waals surface area contributed by atoms with Gasteiger partial charge in [-0.25, -0.2) is 0 Å². The van der Waals surface area contributed by atoms with Crippen LogP contribution in [0.1, 0.15) is 28.8 Å². The number of hydrogen-bond donors (Lipinski definition) is 0. The molecule has 1 saturated carbocycles. The summed E-state index contributed by atoms with van der Waals surface area (Å²) in [6.45, 7) is 0.534. The molecule has 0 unspecified atom stereocenters. The molecule has 0 atom stereocenters. The molecule has 2 aromatic carbocycles. The van der Waals surface area contributed by atoms with Crippen molar-refractivity contribution in [2.24, 2.45) is 0 Å². The third-order valence-corrected chi connectivity index (χ3v) is 4.67. The van der Waals surface area contributed by atoms with Gasteiger partial charge in [-0.1, -0.05) is 30.3 Å². The van der Waals surface area contributed by atoms with Crippen LogP contribution in [0.3, 0.4) is 0 Å². The Morgan fingerprint density at radius 3 is 2.59 bits per heavy atom. The highest BCUT2D eigenvalue weighted by Crippen LogP contribution is 2.28. The number of ether oxygens (including phenoxy) is 1. The maximum absolute atomic E-state index is 12.4. The summed E-state index contributed by atoms with van der Waals surface area (Å²) in [4.78, 5) is 14.2. The molecule has 3 rings (SSSR count). The Morgan fingerprint density at radius 2 is 1.95 bits per heavy atom. The van der Waals surface area contributed by atoms with E-state index in [2.05, 4.69) is 22.6 Å². The molecule has 1 fully saturated rings. The van der Waals surface area contributed by atoms with E-state index in [9.17, 15) is 4.79 Å². The quantitative estimate of drug-likeness (QED) is 0.699. The Kier molecular flexibility index (Phi) is 4.66. The van der Waals surface area contributed by atoms with Crippen molar-refractivity contribution in [3.63, 3.8) is 0 Å². The second kappa shape index (κ2) is 6.69. The zero-order valence-electron chi connectivity index (χ0n) is 12.5. The fourth-order valence-electron chi connectivity index (χ4n) is 2.32. The fourth-order valence-corrected chi connectivity index (χ4v) is 2.99. The lowest BCUT2D eigenvalue weighted by atomic mass is 10.2. The molecule has 0 aromatic heterocycles. The normalized spacial score (nSPS) is 13.7. The summed E-state index contributed by atoms with van der Waals surface area (Å²) >= 11 is 2.22. The Balaban J connectivity index is 1.68. The number of halogens is 1. The Bertz CT molecular complexity index is 668. The van der Waals surface area contributed by atoms with Gasteiger partial charge >= 0.3 is 0 Å². The van der Waals surface area contributed by atoms with Crippen molar-refractivity contribution >= 4 is 28.5 Å². The van der Waals surface area contributed by atoms with Gasteiger partial charge < -0.3 is 9.64 Å². The van der Waals surface area contributed by atoms with Gasteiger partial charge in [0.1, 0.15) is 12.4 Å². The molecular formula is C18H18INO2. The van der Waals surface area contributed by atoms with Crippen LogP contribution in [0.5, 0.6) is 5.75 Å². The number of amides is 1. The minimum absolute atomic E-state index is 0.0926. The third kappa shape index (κ3) is 3.61. The molecule has 1 aliphatic carbocycles. The fraction of sp³-hybridized carbons (Fsp3) is 0.278.